The Morgan fingerprint density at radius 1 is 1.10 bits per heavy atom. The second kappa shape index (κ2) is 14.3. The Bertz CT molecular complexity index is 797. The molecule has 2 aromatic carbocycles. The molecule has 2 rings (SSSR count). The predicted octanol–water partition coefficient (Wildman–Crippen LogP) is 5.25. The Kier molecular flexibility index (Phi) is 12.0. The molecule has 2 N–H and O–H groups in total. The first kappa shape index (κ1) is 24.4. The van der Waals surface area contributed by atoms with Gasteiger partial charge in [-0.05, 0) is 79.4 Å². The summed E-state index contributed by atoms with van der Waals surface area (Å²) in [6.45, 7) is 9.19. The van der Waals surface area contributed by atoms with Crippen LogP contribution in [0.2, 0.25) is 0 Å². The standard InChI is InChI=1S/C22H26N2O3.C2H6/c1-2-8-24-9-3-4-10-27-16-18-12-20(14-21(13-18)22(25)26)19-7-5-6-17(11-19)15-23;1-2/h5-7,11-14,24H,2-4,8-10,16H2,1H3,(H,25,26);1-2H3. The fraction of sp³-hybridized carbons (Fsp3) is 0.417. The van der Waals surface area contributed by atoms with Gasteiger partial charge in [-0.15, -0.1) is 0 Å². The minimum atomic E-state index is -0.975. The van der Waals surface area contributed by atoms with Crippen LogP contribution in [0.5, 0.6) is 0 Å². The minimum absolute atomic E-state index is 0.220. The molecule has 0 aliphatic rings. The van der Waals surface area contributed by atoms with Crippen LogP contribution < -0.4 is 5.32 Å². The number of benzene rings is 2. The monoisotopic (exact) mass is 396 g/mol. The first-order valence-electron chi connectivity index (χ1n) is 10.3. The number of hydrogen-bond donors (Lipinski definition) is 2. The van der Waals surface area contributed by atoms with Gasteiger partial charge in [-0.3, -0.25) is 0 Å². The molecule has 0 aromatic heterocycles. The number of rotatable bonds is 11. The topological polar surface area (TPSA) is 82.3 Å². The molecule has 0 bridgehead atoms. The van der Waals surface area contributed by atoms with E-state index in [2.05, 4.69) is 18.3 Å². The molecular formula is C24H32N2O3. The first-order chi connectivity index (χ1) is 14.1. The van der Waals surface area contributed by atoms with Crippen molar-refractivity contribution in [1.29, 1.82) is 5.26 Å². The van der Waals surface area contributed by atoms with E-state index in [0.717, 1.165) is 49.0 Å². The lowest BCUT2D eigenvalue weighted by Gasteiger charge is -2.10. The second-order valence-corrected chi connectivity index (χ2v) is 6.43. The molecule has 29 heavy (non-hydrogen) atoms. The van der Waals surface area contributed by atoms with Crippen molar-refractivity contribution in [3.63, 3.8) is 0 Å². The van der Waals surface area contributed by atoms with Crippen LogP contribution in [-0.4, -0.2) is 30.8 Å². The number of nitrogens with zero attached hydrogens (tertiary/aromatic N) is 1. The maximum Gasteiger partial charge on any atom is 0.335 e. The summed E-state index contributed by atoms with van der Waals surface area (Å²) in [4.78, 5) is 11.5. The number of carbonyl (C=O) groups is 1. The Morgan fingerprint density at radius 2 is 1.90 bits per heavy atom. The highest BCUT2D eigenvalue weighted by atomic mass is 16.5. The lowest BCUT2D eigenvalue weighted by atomic mass is 9.98. The lowest BCUT2D eigenvalue weighted by Crippen LogP contribution is -2.16. The Morgan fingerprint density at radius 3 is 2.59 bits per heavy atom. The van der Waals surface area contributed by atoms with Crippen molar-refractivity contribution in [3.8, 4) is 17.2 Å². The van der Waals surface area contributed by atoms with E-state index in [-0.39, 0.29) is 5.56 Å². The van der Waals surface area contributed by atoms with E-state index in [1.54, 1.807) is 30.3 Å². The van der Waals surface area contributed by atoms with Gasteiger partial charge in [0.05, 0.1) is 23.8 Å². The number of unbranched alkanes of at least 4 members (excludes halogenated alkanes) is 1. The highest BCUT2D eigenvalue weighted by Gasteiger charge is 2.09. The lowest BCUT2D eigenvalue weighted by molar-refractivity contribution is 0.0696. The third kappa shape index (κ3) is 8.91. The van der Waals surface area contributed by atoms with Crippen LogP contribution in [0.25, 0.3) is 11.1 Å². The van der Waals surface area contributed by atoms with Crippen LogP contribution in [0.15, 0.2) is 42.5 Å². The normalized spacial score (nSPS) is 10.0. The molecule has 0 saturated carbocycles. The molecule has 0 saturated heterocycles. The number of carboxylic acid groups (broad SMARTS) is 1. The SMILES string of the molecule is CC.CCCNCCCCOCc1cc(C(=O)O)cc(-c2cccc(C#N)c2)c1. The first-order valence-corrected chi connectivity index (χ1v) is 10.3. The van der Waals surface area contributed by atoms with Gasteiger partial charge >= 0.3 is 5.97 Å². The number of nitrogens with one attached hydrogen (secondary N) is 1. The zero-order valence-corrected chi connectivity index (χ0v) is 17.7. The summed E-state index contributed by atoms with van der Waals surface area (Å²) >= 11 is 0. The smallest absolute Gasteiger partial charge is 0.335 e. The van der Waals surface area contributed by atoms with Gasteiger partial charge in [0.15, 0.2) is 0 Å². The van der Waals surface area contributed by atoms with Crippen molar-refractivity contribution in [2.24, 2.45) is 0 Å². The average Bonchev–Trinajstić information content (AvgIpc) is 2.76. The summed E-state index contributed by atoms with van der Waals surface area (Å²) in [6.07, 6.45) is 3.16. The van der Waals surface area contributed by atoms with Gasteiger partial charge in [0.2, 0.25) is 0 Å². The highest BCUT2D eigenvalue weighted by Crippen LogP contribution is 2.24. The molecule has 0 unspecified atom stereocenters. The predicted molar refractivity (Wildman–Crippen MR) is 117 cm³/mol. The molecule has 5 nitrogen and oxygen atoms in total. The Balaban J connectivity index is 0.00000204. The van der Waals surface area contributed by atoms with E-state index in [9.17, 15) is 9.90 Å². The molecule has 0 radical (unpaired) electrons. The summed E-state index contributed by atoms with van der Waals surface area (Å²) in [5, 5.41) is 21.8. The van der Waals surface area contributed by atoms with Crippen molar-refractivity contribution in [2.45, 2.75) is 46.6 Å². The van der Waals surface area contributed by atoms with Gasteiger partial charge in [-0.1, -0.05) is 32.9 Å². The van der Waals surface area contributed by atoms with E-state index in [0.29, 0.717) is 18.8 Å². The van der Waals surface area contributed by atoms with Crippen molar-refractivity contribution in [3.05, 3.63) is 59.2 Å². The van der Waals surface area contributed by atoms with Gasteiger partial charge in [-0.2, -0.15) is 5.26 Å². The molecule has 0 fully saturated rings. The van der Waals surface area contributed by atoms with Crippen molar-refractivity contribution < 1.29 is 14.6 Å². The molecule has 156 valence electrons. The van der Waals surface area contributed by atoms with Crippen molar-refractivity contribution in [1.82, 2.24) is 5.32 Å². The van der Waals surface area contributed by atoms with Gasteiger partial charge in [0.1, 0.15) is 0 Å². The van der Waals surface area contributed by atoms with Gasteiger partial charge in [0.25, 0.3) is 0 Å². The van der Waals surface area contributed by atoms with Crippen LogP contribution in [0.3, 0.4) is 0 Å². The van der Waals surface area contributed by atoms with Gasteiger partial charge < -0.3 is 15.2 Å². The summed E-state index contributed by atoms with van der Waals surface area (Å²) in [5.74, 6) is -0.975. The Labute approximate surface area is 174 Å². The van der Waals surface area contributed by atoms with Gasteiger partial charge in [-0.25, -0.2) is 4.79 Å². The van der Waals surface area contributed by atoms with E-state index >= 15 is 0 Å². The molecule has 0 aliphatic carbocycles. The van der Waals surface area contributed by atoms with Crippen LogP contribution in [-0.2, 0) is 11.3 Å². The van der Waals surface area contributed by atoms with Crippen LogP contribution in [0.4, 0.5) is 0 Å². The Hall–Kier alpha value is -2.68. The quantitative estimate of drug-likeness (QED) is 0.507. The highest BCUT2D eigenvalue weighted by molar-refractivity contribution is 5.89. The third-order valence-electron chi connectivity index (χ3n) is 4.15. The molecule has 0 spiro atoms. The number of aromatic carboxylic acids is 1. The largest absolute Gasteiger partial charge is 0.478 e. The summed E-state index contributed by atoms with van der Waals surface area (Å²) in [5.41, 5.74) is 3.17. The fourth-order valence-electron chi connectivity index (χ4n) is 2.78. The van der Waals surface area contributed by atoms with E-state index in [1.165, 1.54) is 0 Å². The van der Waals surface area contributed by atoms with Crippen LogP contribution in [0.1, 0.15) is 61.5 Å². The fourth-order valence-corrected chi connectivity index (χ4v) is 2.78. The number of ether oxygens (including phenoxy) is 1. The van der Waals surface area contributed by atoms with E-state index in [1.807, 2.05) is 26.0 Å². The average molecular weight is 397 g/mol. The van der Waals surface area contributed by atoms with Crippen molar-refractivity contribution in [2.75, 3.05) is 19.7 Å². The van der Waals surface area contributed by atoms with Crippen LogP contribution >= 0.6 is 0 Å². The summed E-state index contributed by atoms with van der Waals surface area (Å²) in [7, 11) is 0. The molecule has 0 amide bonds. The second-order valence-electron chi connectivity index (χ2n) is 6.43. The molecular weight excluding hydrogens is 364 g/mol. The van der Waals surface area contributed by atoms with Gasteiger partial charge in [0, 0.05) is 6.61 Å². The molecule has 0 aliphatic heterocycles. The zero-order valence-electron chi connectivity index (χ0n) is 17.7. The number of nitriles is 1. The number of hydrogen-bond acceptors (Lipinski definition) is 4. The third-order valence-corrected chi connectivity index (χ3v) is 4.15. The molecule has 5 heteroatoms. The summed E-state index contributed by atoms with van der Waals surface area (Å²) in [6, 6.07) is 14.5. The molecule has 0 atom stereocenters. The van der Waals surface area contributed by atoms with E-state index < -0.39 is 5.97 Å². The van der Waals surface area contributed by atoms with E-state index in [4.69, 9.17) is 10.00 Å². The zero-order chi connectivity index (χ0) is 21.5. The molecule has 0 heterocycles. The molecule has 2 aromatic rings. The van der Waals surface area contributed by atoms with Crippen LogP contribution in [0, 0.1) is 11.3 Å². The minimum Gasteiger partial charge on any atom is -0.478 e. The number of carboxylic acids is 1. The maximum absolute atomic E-state index is 11.5. The van der Waals surface area contributed by atoms with Crippen molar-refractivity contribution >= 4 is 5.97 Å². The maximum atomic E-state index is 11.5. The summed E-state index contributed by atoms with van der Waals surface area (Å²) < 4.78 is 5.72.